The van der Waals surface area contributed by atoms with Crippen molar-refractivity contribution in [3.8, 4) is 0 Å². The summed E-state index contributed by atoms with van der Waals surface area (Å²) in [6.45, 7) is 9.84. The molecule has 1 spiro atoms. The second kappa shape index (κ2) is 12.0. The molecule has 6 atom stereocenters. The minimum Gasteiger partial charge on any atom is -0.394 e. The molecule has 2 bridgehead atoms. The van der Waals surface area contributed by atoms with Crippen molar-refractivity contribution in [3.63, 3.8) is 0 Å². The Bertz CT molecular complexity index is 1590. The van der Waals surface area contributed by atoms with Gasteiger partial charge in [0.05, 0.1) is 30.6 Å². The Balaban J connectivity index is 1.43. The number of amides is 3. The van der Waals surface area contributed by atoms with Gasteiger partial charge in [-0.15, -0.1) is 13.2 Å². The van der Waals surface area contributed by atoms with E-state index in [0.29, 0.717) is 30.6 Å². The molecule has 44 heavy (non-hydrogen) atoms. The number of anilines is 2. The Labute approximate surface area is 258 Å². The van der Waals surface area contributed by atoms with Crippen LogP contribution in [-0.4, -0.2) is 71.2 Å². The molecular weight excluding hydrogens is 554 g/mol. The summed E-state index contributed by atoms with van der Waals surface area (Å²) in [4.78, 5) is 48.5. The van der Waals surface area contributed by atoms with Crippen LogP contribution in [0.1, 0.15) is 26.2 Å². The predicted molar refractivity (Wildman–Crippen MR) is 171 cm³/mol. The second-order valence-electron chi connectivity index (χ2n) is 11.9. The molecule has 8 nitrogen and oxygen atoms in total. The molecular formula is C36H39N3O5. The molecule has 0 aliphatic carbocycles. The number of nitrogens with zero attached hydrogens (tertiary/aromatic N) is 3. The summed E-state index contributed by atoms with van der Waals surface area (Å²) in [6, 6.07) is 21.5. The van der Waals surface area contributed by atoms with Crippen LogP contribution in [0.3, 0.4) is 0 Å². The van der Waals surface area contributed by atoms with E-state index in [2.05, 4.69) is 13.2 Å². The van der Waals surface area contributed by atoms with Crippen LogP contribution in [0.15, 0.2) is 98.1 Å². The SMILES string of the molecule is C=CCN(C(=O)C1N([C@@H](CC)CO)C(=O)[C@@H]2[C@@H](C(=O)N(CC=C)c3ccccc3)[C@H]3CCC12O3)c1ccc2ccccc2c1. The molecule has 3 aromatic rings. The van der Waals surface area contributed by atoms with Crippen LogP contribution in [0.25, 0.3) is 10.8 Å². The van der Waals surface area contributed by atoms with Gasteiger partial charge in [-0.3, -0.25) is 14.4 Å². The summed E-state index contributed by atoms with van der Waals surface area (Å²) in [6.07, 6.45) is 4.31. The van der Waals surface area contributed by atoms with E-state index in [1.54, 1.807) is 22.0 Å². The zero-order valence-corrected chi connectivity index (χ0v) is 25.0. The highest BCUT2D eigenvalue weighted by Crippen LogP contribution is 2.59. The Kier molecular flexibility index (Phi) is 8.14. The molecule has 6 rings (SSSR count). The van der Waals surface area contributed by atoms with Crippen molar-refractivity contribution in [2.75, 3.05) is 29.5 Å². The largest absolute Gasteiger partial charge is 0.394 e. The molecule has 2 unspecified atom stereocenters. The topological polar surface area (TPSA) is 90.4 Å². The van der Waals surface area contributed by atoms with Gasteiger partial charge in [0, 0.05) is 24.5 Å². The van der Waals surface area contributed by atoms with E-state index in [1.807, 2.05) is 79.7 Å². The molecule has 0 saturated carbocycles. The monoisotopic (exact) mass is 593 g/mol. The van der Waals surface area contributed by atoms with Crippen LogP contribution in [0.4, 0.5) is 11.4 Å². The van der Waals surface area contributed by atoms with Crippen LogP contribution in [0.2, 0.25) is 0 Å². The third kappa shape index (κ3) is 4.64. The van der Waals surface area contributed by atoms with Gasteiger partial charge in [0.2, 0.25) is 11.8 Å². The van der Waals surface area contributed by atoms with Crippen LogP contribution in [0, 0.1) is 11.8 Å². The molecule has 0 aromatic heterocycles. The highest BCUT2D eigenvalue weighted by Gasteiger charge is 2.75. The first-order valence-electron chi connectivity index (χ1n) is 15.4. The number of benzene rings is 3. The van der Waals surface area contributed by atoms with Crippen LogP contribution in [0.5, 0.6) is 0 Å². The van der Waals surface area contributed by atoms with Crippen molar-refractivity contribution in [2.45, 2.75) is 50.0 Å². The number of fused-ring (bicyclic) bond motifs is 2. The lowest BCUT2D eigenvalue weighted by Crippen LogP contribution is -2.59. The van der Waals surface area contributed by atoms with Gasteiger partial charge in [0.15, 0.2) is 0 Å². The molecule has 3 aliphatic heterocycles. The van der Waals surface area contributed by atoms with Gasteiger partial charge in [-0.1, -0.05) is 67.6 Å². The van der Waals surface area contributed by atoms with E-state index in [-0.39, 0.29) is 37.4 Å². The van der Waals surface area contributed by atoms with E-state index >= 15 is 0 Å². The molecule has 3 saturated heterocycles. The van der Waals surface area contributed by atoms with Crippen molar-refractivity contribution in [1.82, 2.24) is 4.90 Å². The van der Waals surface area contributed by atoms with Crippen LogP contribution >= 0.6 is 0 Å². The van der Waals surface area contributed by atoms with E-state index < -0.39 is 35.6 Å². The Morgan fingerprint density at radius 2 is 1.64 bits per heavy atom. The lowest BCUT2D eigenvalue weighted by atomic mass is 9.70. The number of carbonyl (C=O) groups excluding carboxylic acids is 3. The molecule has 8 heteroatoms. The molecule has 3 aliphatic rings. The highest BCUT2D eigenvalue weighted by atomic mass is 16.5. The first kappa shape index (κ1) is 29.8. The van der Waals surface area contributed by atoms with Gasteiger partial charge in [0.1, 0.15) is 11.6 Å². The molecule has 1 N–H and O–H groups in total. The maximum atomic E-state index is 14.8. The zero-order chi connectivity index (χ0) is 31.0. The molecule has 3 aromatic carbocycles. The molecule has 3 amide bonds. The number of rotatable bonds is 11. The van der Waals surface area contributed by atoms with Gasteiger partial charge >= 0.3 is 0 Å². The van der Waals surface area contributed by atoms with Crippen LogP contribution in [-0.2, 0) is 19.1 Å². The van der Waals surface area contributed by atoms with E-state index in [4.69, 9.17) is 4.74 Å². The number of aliphatic hydroxyl groups excluding tert-OH is 1. The van der Waals surface area contributed by atoms with Crippen molar-refractivity contribution >= 4 is 39.9 Å². The van der Waals surface area contributed by atoms with Gasteiger partial charge in [-0.25, -0.2) is 0 Å². The number of carbonyl (C=O) groups is 3. The Morgan fingerprint density at radius 3 is 2.30 bits per heavy atom. The summed E-state index contributed by atoms with van der Waals surface area (Å²) < 4.78 is 6.70. The maximum Gasteiger partial charge on any atom is 0.253 e. The molecule has 3 heterocycles. The number of likely N-dealkylation sites (tertiary alicyclic amines) is 1. The smallest absolute Gasteiger partial charge is 0.253 e. The average molecular weight is 594 g/mol. The number of ether oxygens (including phenoxy) is 1. The third-order valence-electron chi connectivity index (χ3n) is 9.60. The highest BCUT2D eigenvalue weighted by molar-refractivity contribution is 6.07. The number of para-hydroxylation sites is 1. The minimum absolute atomic E-state index is 0.219. The van der Waals surface area contributed by atoms with Gasteiger partial charge in [-0.05, 0) is 54.3 Å². The number of hydrogen-bond acceptors (Lipinski definition) is 5. The zero-order valence-electron chi connectivity index (χ0n) is 25.0. The minimum atomic E-state index is -1.19. The lowest BCUT2D eigenvalue weighted by molar-refractivity contribution is -0.144. The quantitative estimate of drug-likeness (QED) is 0.325. The standard InChI is InChI=1S/C36H39N3O5/c1-4-20-37(27-14-8-7-9-15-27)33(41)30-29-18-19-36(44-29)31(30)34(42)39(26(6-3)23-40)32(36)35(43)38(21-5-2)28-17-16-24-12-10-11-13-25(24)22-28/h4-5,7-17,22,26,29-32,40H,1-2,6,18-21,23H2,3H3/t26-,29+,30-,31-,32?,36?/m0/s1. The van der Waals surface area contributed by atoms with E-state index in [0.717, 1.165) is 10.8 Å². The summed E-state index contributed by atoms with van der Waals surface area (Å²) in [5.74, 6) is -2.44. The molecule has 228 valence electrons. The second-order valence-corrected chi connectivity index (χ2v) is 11.9. The van der Waals surface area contributed by atoms with Gasteiger partial charge in [-0.2, -0.15) is 0 Å². The summed E-state index contributed by atoms with van der Waals surface area (Å²) in [5, 5.41) is 12.5. The lowest BCUT2D eigenvalue weighted by Gasteiger charge is -2.39. The third-order valence-corrected chi connectivity index (χ3v) is 9.60. The Morgan fingerprint density at radius 1 is 0.977 bits per heavy atom. The van der Waals surface area contributed by atoms with Crippen LogP contribution < -0.4 is 9.80 Å². The van der Waals surface area contributed by atoms with Gasteiger partial charge < -0.3 is 24.5 Å². The first-order chi connectivity index (χ1) is 21.4. The van der Waals surface area contributed by atoms with Crippen molar-refractivity contribution in [1.29, 1.82) is 0 Å². The fourth-order valence-electron chi connectivity index (χ4n) is 7.64. The van der Waals surface area contributed by atoms with Gasteiger partial charge in [0.25, 0.3) is 5.91 Å². The van der Waals surface area contributed by atoms with Crippen molar-refractivity contribution in [3.05, 3.63) is 98.1 Å². The summed E-state index contributed by atoms with van der Waals surface area (Å²) >= 11 is 0. The first-order valence-corrected chi connectivity index (χ1v) is 15.4. The van der Waals surface area contributed by atoms with E-state index in [1.165, 1.54) is 4.90 Å². The predicted octanol–water partition coefficient (Wildman–Crippen LogP) is 4.72. The normalized spacial score (nSPS) is 26.0. The number of hydrogen-bond donors (Lipinski definition) is 1. The summed E-state index contributed by atoms with van der Waals surface area (Å²) in [7, 11) is 0. The molecule has 3 fully saturated rings. The van der Waals surface area contributed by atoms with Crippen molar-refractivity contribution in [2.24, 2.45) is 11.8 Å². The Hall–Kier alpha value is -4.27. The maximum absolute atomic E-state index is 14.8. The number of aliphatic hydroxyl groups is 1. The van der Waals surface area contributed by atoms with E-state index in [9.17, 15) is 19.5 Å². The molecule has 0 radical (unpaired) electrons. The fourth-order valence-corrected chi connectivity index (χ4v) is 7.64. The fraction of sp³-hybridized carbons (Fsp3) is 0.361. The summed E-state index contributed by atoms with van der Waals surface area (Å²) in [5.41, 5.74) is 0.202. The average Bonchev–Trinajstić information content (AvgIpc) is 3.70. The van der Waals surface area contributed by atoms with Crippen molar-refractivity contribution < 1.29 is 24.2 Å².